The fourth-order valence-corrected chi connectivity index (χ4v) is 0.995. The maximum atomic E-state index is 5.52. The van der Waals surface area contributed by atoms with Gasteiger partial charge in [0.15, 0.2) is 0 Å². The van der Waals surface area contributed by atoms with Crippen molar-refractivity contribution in [2.24, 2.45) is 0 Å². The van der Waals surface area contributed by atoms with E-state index in [9.17, 15) is 0 Å². The maximum absolute atomic E-state index is 5.52. The monoisotopic (exact) mass is 170 g/mol. The summed E-state index contributed by atoms with van der Waals surface area (Å²) in [4.78, 5) is 0. The van der Waals surface area contributed by atoms with Crippen molar-refractivity contribution in [1.29, 1.82) is 0 Å². The first-order chi connectivity index (χ1) is 4.81. The molecule has 0 spiro atoms. The molecule has 0 aromatic rings. The maximum Gasteiger partial charge on any atom is 0.264 e. The van der Waals surface area contributed by atoms with Crippen LogP contribution in [0.3, 0.4) is 0 Å². The zero-order valence-electron chi connectivity index (χ0n) is 8.41. The molecule has 0 aliphatic heterocycles. The van der Waals surface area contributed by atoms with Gasteiger partial charge in [-0.1, -0.05) is 26.7 Å². The average Bonchev–Trinajstić information content (AvgIpc) is 1.81. The molecule has 0 rings (SSSR count). The Morgan fingerprint density at radius 2 is 1.64 bits per heavy atom. The summed E-state index contributed by atoms with van der Waals surface area (Å²) in [7, 11) is -1.60. The van der Waals surface area contributed by atoms with E-state index in [1.165, 1.54) is 0 Å². The third-order valence-electron chi connectivity index (χ3n) is 2.21. The van der Waals surface area contributed by atoms with E-state index in [0.717, 1.165) is 0 Å². The first kappa shape index (κ1) is 10.6. The van der Waals surface area contributed by atoms with Gasteiger partial charge in [-0.15, -0.1) is 0 Å². The first-order valence-corrected chi connectivity index (χ1v) is 6.82. The molecule has 0 aromatic heterocycles. The quantitative estimate of drug-likeness (QED) is 0.434. The highest BCUT2D eigenvalue weighted by Crippen LogP contribution is 2.36. The Kier molecular flexibility index (Phi) is 3.19. The van der Waals surface area contributed by atoms with Crippen LogP contribution in [0, 0.1) is 12.0 Å². The minimum atomic E-state index is -1.60. The molecule has 0 aliphatic rings. The van der Waals surface area contributed by atoms with Crippen LogP contribution >= 0.6 is 0 Å². The second kappa shape index (κ2) is 3.32. The lowest BCUT2D eigenvalue weighted by Gasteiger charge is -2.33. The Morgan fingerprint density at radius 1 is 1.18 bits per heavy atom. The molecule has 0 aromatic carbocycles. The van der Waals surface area contributed by atoms with Gasteiger partial charge in [0.2, 0.25) is 0 Å². The summed E-state index contributed by atoms with van der Waals surface area (Å²) in [5.41, 5.74) is 0. The predicted octanol–water partition coefficient (Wildman–Crippen LogP) is 2.99. The largest absolute Gasteiger partial charge is 0.500 e. The van der Waals surface area contributed by atoms with Crippen LogP contribution in [0.15, 0.2) is 0 Å². The highest BCUT2D eigenvalue weighted by Gasteiger charge is 2.38. The minimum absolute atomic E-state index is 0.261. The van der Waals surface area contributed by atoms with Crippen LogP contribution < -0.4 is 0 Å². The third kappa shape index (κ3) is 2.98. The van der Waals surface area contributed by atoms with E-state index in [1.54, 1.807) is 6.92 Å². The van der Waals surface area contributed by atoms with Crippen molar-refractivity contribution in [3.8, 4) is 12.0 Å². The molecular weight excluding hydrogens is 152 g/mol. The van der Waals surface area contributed by atoms with Crippen LogP contribution in [0.25, 0.3) is 0 Å². The zero-order valence-corrected chi connectivity index (χ0v) is 9.41. The van der Waals surface area contributed by atoms with Gasteiger partial charge in [0.05, 0.1) is 6.11 Å². The Bertz CT molecular complexity index is 178. The Balaban J connectivity index is 4.30. The van der Waals surface area contributed by atoms with E-state index >= 15 is 0 Å². The summed E-state index contributed by atoms with van der Waals surface area (Å²) >= 11 is 0. The van der Waals surface area contributed by atoms with E-state index in [-0.39, 0.29) is 5.04 Å². The minimum Gasteiger partial charge on any atom is -0.500 e. The van der Waals surface area contributed by atoms with E-state index < -0.39 is 8.32 Å². The molecular formula is C9H18OSi. The molecule has 0 saturated heterocycles. The molecule has 1 nitrogen and oxygen atoms in total. The Morgan fingerprint density at radius 3 is 1.91 bits per heavy atom. The van der Waals surface area contributed by atoms with Gasteiger partial charge in [0.25, 0.3) is 8.32 Å². The fourth-order valence-electron chi connectivity index (χ4n) is 0.332. The summed E-state index contributed by atoms with van der Waals surface area (Å²) in [5, 5.41) is 0.261. The van der Waals surface area contributed by atoms with Crippen molar-refractivity contribution in [2.75, 3.05) is 0 Å². The van der Waals surface area contributed by atoms with Crippen LogP contribution in [0.4, 0.5) is 0 Å². The van der Waals surface area contributed by atoms with Gasteiger partial charge in [0.1, 0.15) is 0 Å². The van der Waals surface area contributed by atoms with Crippen molar-refractivity contribution < 1.29 is 4.43 Å². The Hall–Kier alpha value is -0.423. The second-order valence-corrected chi connectivity index (χ2v) is 8.94. The van der Waals surface area contributed by atoms with Crippen molar-refractivity contribution in [1.82, 2.24) is 0 Å². The lowest BCUT2D eigenvalue weighted by molar-refractivity contribution is 0.460. The van der Waals surface area contributed by atoms with Crippen LogP contribution in [0.1, 0.15) is 27.7 Å². The molecule has 64 valence electrons. The van der Waals surface area contributed by atoms with Crippen molar-refractivity contribution >= 4 is 8.32 Å². The standard InChI is InChI=1S/C9H18OSi/c1-7-8-10-11(5,6)9(2,3)4/h1-6H3. The summed E-state index contributed by atoms with van der Waals surface area (Å²) in [6.45, 7) is 12.8. The number of hydrogen-bond donors (Lipinski definition) is 0. The summed E-state index contributed by atoms with van der Waals surface area (Å²) < 4.78 is 5.52. The van der Waals surface area contributed by atoms with E-state index in [0.29, 0.717) is 0 Å². The fraction of sp³-hybridized carbons (Fsp3) is 0.778. The van der Waals surface area contributed by atoms with Gasteiger partial charge in [0, 0.05) is 6.92 Å². The van der Waals surface area contributed by atoms with E-state index in [1.807, 2.05) is 0 Å². The normalized spacial score (nSPS) is 11.8. The van der Waals surface area contributed by atoms with E-state index in [2.05, 4.69) is 45.9 Å². The van der Waals surface area contributed by atoms with Crippen LogP contribution in [-0.2, 0) is 4.43 Å². The van der Waals surface area contributed by atoms with Gasteiger partial charge in [-0.2, -0.15) is 0 Å². The molecule has 0 unspecified atom stereocenters. The van der Waals surface area contributed by atoms with Crippen LogP contribution in [0.2, 0.25) is 18.1 Å². The third-order valence-corrected chi connectivity index (χ3v) is 6.44. The summed E-state index contributed by atoms with van der Waals surface area (Å²) in [6.07, 6.45) is 2.71. The summed E-state index contributed by atoms with van der Waals surface area (Å²) in [6, 6.07) is 0. The lowest BCUT2D eigenvalue weighted by Crippen LogP contribution is -2.39. The van der Waals surface area contributed by atoms with Gasteiger partial charge < -0.3 is 4.43 Å². The molecule has 0 radical (unpaired) electrons. The molecule has 0 atom stereocenters. The topological polar surface area (TPSA) is 9.23 Å². The second-order valence-electron chi connectivity index (χ2n) is 4.21. The summed E-state index contributed by atoms with van der Waals surface area (Å²) in [5.74, 6) is 2.76. The molecule has 0 bridgehead atoms. The SMILES string of the molecule is CC#CO[Si](C)(C)C(C)(C)C. The number of rotatable bonds is 1. The highest BCUT2D eigenvalue weighted by molar-refractivity contribution is 6.74. The first-order valence-electron chi connectivity index (χ1n) is 3.91. The van der Waals surface area contributed by atoms with Gasteiger partial charge in [-0.3, -0.25) is 0 Å². The van der Waals surface area contributed by atoms with Crippen LogP contribution in [-0.4, -0.2) is 8.32 Å². The van der Waals surface area contributed by atoms with E-state index in [4.69, 9.17) is 4.43 Å². The van der Waals surface area contributed by atoms with Gasteiger partial charge in [-0.25, -0.2) is 0 Å². The van der Waals surface area contributed by atoms with Crippen molar-refractivity contribution in [3.05, 3.63) is 0 Å². The molecule has 11 heavy (non-hydrogen) atoms. The molecule has 0 saturated carbocycles. The molecule has 0 fully saturated rings. The number of hydrogen-bond acceptors (Lipinski definition) is 1. The predicted molar refractivity (Wildman–Crippen MR) is 51.7 cm³/mol. The zero-order chi connectivity index (χ0) is 9.12. The van der Waals surface area contributed by atoms with Crippen molar-refractivity contribution in [3.63, 3.8) is 0 Å². The molecule has 2 heteroatoms. The molecule has 0 amide bonds. The smallest absolute Gasteiger partial charge is 0.264 e. The Labute approximate surface area is 71.3 Å². The molecule has 0 aliphatic carbocycles. The van der Waals surface area contributed by atoms with Crippen LogP contribution in [0.5, 0.6) is 0 Å². The molecule has 0 N–H and O–H groups in total. The van der Waals surface area contributed by atoms with Gasteiger partial charge >= 0.3 is 0 Å². The van der Waals surface area contributed by atoms with Crippen molar-refractivity contribution in [2.45, 2.75) is 45.8 Å². The average molecular weight is 170 g/mol. The lowest BCUT2D eigenvalue weighted by atomic mass is 10.2. The highest BCUT2D eigenvalue weighted by atomic mass is 28.4. The van der Waals surface area contributed by atoms with Gasteiger partial charge in [-0.05, 0) is 18.1 Å². The molecule has 0 heterocycles.